The molecule has 0 spiro atoms. The second-order valence-electron chi connectivity index (χ2n) is 8.76. The molecule has 1 aromatic carbocycles. The van der Waals surface area contributed by atoms with Crippen LogP contribution in [0.2, 0.25) is 0 Å². The first kappa shape index (κ1) is 21.3. The lowest BCUT2D eigenvalue weighted by Crippen LogP contribution is -2.41. The summed E-state index contributed by atoms with van der Waals surface area (Å²) in [4.78, 5) is 25.6. The van der Waals surface area contributed by atoms with Crippen LogP contribution in [0.4, 0.5) is 0 Å². The fraction of sp³-hybridized carbons (Fsp3) is 0.609. The van der Waals surface area contributed by atoms with Gasteiger partial charge >= 0.3 is 5.97 Å². The maximum Gasteiger partial charge on any atom is 0.315 e. The minimum atomic E-state index is -0.733. The molecule has 0 aromatic heterocycles. The third-order valence-corrected chi connectivity index (χ3v) is 6.18. The van der Waals surface area contributed by atoms with Crippen molar-refractivity contribution < 1.29 is 14.3 Å². The van der Waals surface area contributed by atoms with Crippen molar-refractivity contribution in [2.45, 2.75) is 53.4 Å². The normalized spacial score (nSPS) is 23.9. The zero-order chi connectivity index (χ0) is 20.2. The Morgan fingerprint density at radius 1 is 1.26 bits per heavy atom. The van der Waals surface area contributed by atoms with Crippen molar-refractivity contribution >= 4 is 17.5 Å². The molecular weight excluding hydrogens is 338 g/mol. The first-order valence-electron chi connectivity index (χ1n) is 9.93. The third kappa shape index (κ3) is 4.85. The number of esters is 1. The molecule has 1 fully saturated rings. The minimum absolute atomic E-state index is 0.0117. The van der Waals surface area contributed by atoms with E-state index in [1.54, 1.807) is 0 Å². The number of ether oxygens (including phenoxy) is 1. The van der Waals surface area contributed by atoms with Gasteiger partial charge < -0.3 is 10.1 Å². The maximum absolute atomic E-state index is 13.2. The lowest BCUT2D eigenvalue weighted by Gasteiger charge is -2.42. The van der Waals surface area contributed by atoms with E-state index in [2.05, 4.69) is 20.8 Å². The first-order chi connectivity index (χ1) is 12.7. The molecule has 4 heteroatoms. The summed E-state index contributed by atoms with van der Waals surface area (Å²) in [5, 5.41) is 8.55. The lowest BCUT2D eigenvalue weighted by atomic mass is 9.61. The fourth-order valence-electron chi connectivity index (χ4n) is 4.85. The van der Waals surface area contributed by atoms with Crippen LogP contribution in [0.15, 0.2) is 30.3 Å². The Bertz CT molecular complexity index is 680. The Labute approximate surface area is 163 Å². The van der Waals surface area contributed by atoms with E-state index in [1.165, 1.54) is 7.11 Å². The van der Waals surface area contributed by atoms with Gasteiger partial charge in [0.1, 0.15) is 11.7 Å². The van der Waals surface area contributed by atoms with Gasteiger partial charge in [0, 0.05) is 12.3 Å². The number of benzene rings is 1. The van der Waals surface area contributed by atoms with Crippen LogP contribution in [-0.2, 0) is 14.3 Å². The van der Waals surface area contributed by atoms with Crippen LogP contribution in [0.3, 0.4) is 0 Å². The molecule has 0 heterocycles. The van der Waals surface area contributed by atoms with Crippen LogP contribution >= 0.6 is 0 Å². The highest BCUT2D eigenvalue weighted by Gasteiger charge is 2.42. The number of hydrogen-bond donors (Lipinski definition) is 1. The van der Waals surface area contributed by atoms with Gasteiger partial charge in [-0.15, -0.1) is 0 Å². The van der Waals surface area contributed by atoms with Gasteiger partial charge in [-0.1, -0.05) is 64.4 Å². The number of hydrogen-bond acceptors (Lipinski definition) is 4. The average Bonchev–Trinajstić information content (AvgIpc) is 2.61. The average molecular weight is 372 g/mol. The molecule has 0 radical (unpaired) electrons. The molecule has 4 atom stereocenters. The molecule has 1 aromatic rings. The Kier molecular flexibility index (Phi) is 6.96. The Morgan fingerprint density at radius 2 is 1.89 bits per heavy atom. The minimum Gasteiger partial charge on any atom is -0.468 e. The van der Waals surface area contributed by atoms with E-state index < -0.39 is 11.9 Å². The van der Waals surface area contributed by atoms with Gasteiger partial charge in [-0.05, 0) is 35.7 Å². The number of carbonyl (C=O) groups is 2. The monoisotopic (exact) mass is 371 g/mol. The summed E-state index contributed by atoms with van der Waals surface area (Å²) in [6.07, 6.45) is 3.60. The topological polar surface area (TPSA) is 67.2 Å². The van der Waals surface area contributed by atoms with Crippen molar-refractivity contribution in [2.24, 2.45) is 29.1 Å². The number of ketones is 1. The molecule has 0 amide bonds. The summed E-state index contributed by atoms with van der Waals surface area (Å²) in [5.74, 6) is -0.864. The largest absolute Gasteiger partial charge is 0.468 e. The molecule has 2 rings (SSSR count). The zero-order valence-corrected chi connectivity index (χ0v) is 17.2. The van der Waals surface area contributed by atoms with Crippen LogP contribution in [0, 0.1) is 34.5 Å². The summed E-state index contributed by atoms with van der Waals surface area (Å²) in [6.45, 7) is 8.41. The molecule has 27 heavy (non-hydrogen) atoms. The summed E-state index contributed by atoms with van der Waals surface area (Å²) in [7, 11) is 1.34. The third-order valence-electron chi connectivity index (χ3n) is 6.18. The van der Waals surface area contributed by atoms with Gasteiger partial charge in [0.2, 0.25) is 0 Å². The van der Waals surface area contributed by atoms with E-state index in [9.17, 15) is 9.59 Å². The van der Waals surface area contributed by atoms with Gasteiger partial charge in [-0.3, -0.25) is 9.59 Å². The number of methoxy groups -OCH3 is 1. The summed E-state index contributed by atoms with van der Waals surface area (Å²) in [5.41, 5.74) is 0.902. The van der Waals surface area contributed by atoms with Crippen molar-refractivity contribution in [3.8, 4) is 0 Å². The quantitative estimate of drug-likeness (QED) is 0.547. The molecule has 1 aliphatic carbocycles. The van der Waals surface area contributed by atoms with Gasteiger partial charge in [-0.2, -0.15) is 0 Å². The molecule has 148 valence electrons. The number of rotatable bonds is 7. The second-order valence-corrected chi connectivity index (χ2v) is 8.76. The van der Waals surface area contributed by atoms with Gasteiger partial charge in [0.25, 0.3) is 0 Å². The molecule has 0 bridgehead atoms. The summed E-state index contributed by atoms with van der Waals surface area (Å²) < 4.78 is 4.97. The highest BCUT2D eigenvalue weighted by Crippen LogP contribution is 2.45. The van der Waals surface area contributed by atoms with Gasteiger partial charge in [-0.25, -0.2) is 0 Å². The predicted molar refractivity (Wildman–Crippen MR) is 108 cm³/mol. The molecule has 1 aliphatic rings. The molecule has 1 N–H and O–H groups in total. The van der Waals surface area contributed by atoms with Crippen LogP contribution < -0.4 is 0 Å². The number of nitrogens with one attached hydrogen (secondary N) is 1. The Morgan fingerprint density at radius 3 is 2.44 bits per heavy atom. The Balaban J connectivity index is 2.20. The number of Topliss-reactive ketones (excluding diaryl/α,β-unsaturated/α-hetero) is 1. The molecule has 1 saturated carbocycles. The summed E-state index contributed by atoms with van der Waals surface area (Å²) >= 11 is 0. The van der Waals surface area contributed by atoms with E-state index in [0.717, 1.165) is 19.3 Å². The van der Waals surface area contributed by atoms with E-state index >= 15 is 0 Å². The van der Waals surface area contributed by atoms with Crippen molar-refractivity contribution in [1.29, 1.82) is 5.41 Å². The van der Waals surface area contributed by atoms with Crippen LogP contribution in [0.25, 0.3) is 0 Å². The molecule has 0 aliphatic heterocycles. The van der Waals surface area contributed by atoms with Gasteiger partial charge in [0.05, 0.1) is 12.8 Å². The summed E-state index contributed by atoms with van der Waals surface area (Å²) in [6, 6.07) is 9.21. The standard InChI is InChI=1S/C23H33NO3/c1-15-10-9-13-23(3,4)20(15)18(25)14-16(2)19(22(26)27-5)21(24)17-11-7-6-8-12-17/h6-8,11-12,15-16,19-20,24H,9-10,13-14H2,1-5H3. The SMILES string of the molecule is COC(=O)C(C(=N)c1ccccc1)C(C)CC(=O)C1C(C)CCCC1(C)C. The molecule has 0 saturated heterocycles. The highest BCUT2D eigenvalue weighted by atomic mass is 16.5. The zero-order valence-electron chi connectivity index (χ0n) is 17.2. The molecular formula is C23H33NO3. The van der Waals surface area contributed by atoms with Crippen LogP contribution in [0.5, 0.6) is 0 Å². The van der Waals surface area contributed by atoms with Crippen molar-refractivity contribution in [3.63, 3.8) is 0 Å². The number of carbonyl (C=O) groups excluding carboxylic acids is 2. The van der Waals surface area contributed by atoms with E-state index in [-0.39, 0.29) is 28.7 Å². The lowest BCUT2D eigenvalue weighted by molar-refractivity contribution is -0.144. The van der Waals surface area contributed by atoms with Gasteiger partial charge in [0.15, 0.2) is 0 Å². The smallest absolute Gasteiger partial charge is 0.315 e. The Hall–Kier alpha value is -1.97. The van der Waals surface area contributed by atoms with Crippen LogP contribution in [0.1, 0.15) is 58.9 Å². The van der Waals surface area contributed by atoms with Crippen molar-refractivity contribution in [1.82, 2.24) is 0 Å². The van der Waals surface area contributed by atoms with E-state index in [0.29, 0.717) is 17.9 Å². The van der Waals surface area contributed by atoms with Crippen LogP contribution in [-0.4, -0.2) is 24.6 Å². The van der Waals surface area contributed by atoms with E-state index in [1.807, 2.05) is 37.3 Å². The predicted octanol–water partition coefficient (Wildman–Crippen LogP) is 4.90. The second kappa shape index (κ2) is 8.81. The first-order valence-corrected chi connectivity index (χ1v) is 9.93. The fourth-order valence-corrected chi connectivity index (χ4v) is 4.85. The molecule has 4 nitrogen and oxygen atoms in total. The maximum atomic E-state index is 13.2. The highest BCUT2D eigenvalue weighted by molar-refractivity contribution is 6.10. The van der Waals surface area contributed by atoms with Crippen molar-refractivity contribution in [3.05, 3.63) is 35.9 Å². The molecule has 4 unspecified atom stereocenters. The van der Waals surface area contributed by atoms with E-state index in [4.69, 9.17) is 10.1 Å². The van der Waals surface area contributed by atoms with Crippen molar-refractivity contribution in [2.75, 3.05) is 7.11 Å².